The third-order valence-electron chi connectivity index (χ3n) is 3.87. The summed E-state index contributed by atoms with van der Waals surface area (Å²) in [6.45, 7) is 0.171. The molecule has 0 spiro atoms. The van der Waals surface area contributed by atoms with Gasteiger partial charge >= 0.3 is 0 Å². The minimum absolute atomic E-state index is 0.0328. The van der Waals surface area contributed by atoms with Gasteiger partial charge in [0.1, 0.15) is 0 Å². The Kier molecular flexibility index (Phi) is 5.37. The number of aromatic nitrogens is 2. The molecule has 12 heteroatoms. The lowest BCUT2D eigenvalue weighted by Gasteiger charge is -2.05. The van der Waals surface area contributed by atoms with Gasteiger partial charge in [-0.25, -0.2) is 13.1 Å². The highest BCUT2D eigenvalue weighted by atomic mass is 35.5. The molecule has 4 rings (SSSR count). The van der Waals surface area contributed by atoms with Crippen LogP contribution in [-0.2, 0) is 16.6 Å². The maximum Gasteiger partial charge on any atom is 0.270 e. The summed E-state index contributed by atoms with van der Waals surface area (Å²) in [4.78, 5) is 12.2. The van der Waals surface area contributed by atoms with Crippen molar-refractivity contribution >= 4 is 44.0 Å². The molecule has 0 radical (unpaired) electrons. The molecule has 1 aliphatic heterocycles. The minimum Gasteiger partial charge on any atom is -0.454 e. The Morgan fingerprint density at radius 3 is 2.66 bits per heavy atom. The van der Waals surface area contributed by atoms with Crippen molar-refractivity contribution in [1.29, 1.82) is 0 Å². The molecular formula is C17H13ClN4O5S2. The van der Waals surface area contributed by atoms with E-state index in [0.717, 1.165) is 11.3 Å². The van der Waals surface area contributed by atoms with Gasteiger partial charge in [-0.2, -0.15) is 0 Å². The van der Waals surface area contributed by atoms with E-state index in [1.165, 1.54) is 0 Å². The van der Waals surface area contributed by atoms with Crippen LogP contribution in [-0.4, -0.2) is 31.3 Å². The molecule has 0 unspecified atom stereocenters. The van der Waals surface area contributed by atoms with E-state index < -0.39 is 15.9 Å². The van der Waals surface area contributed by atoms with Gasteiger partial charge in [0.15, 0.2) is 11.5 Å². The number of amides is 1. The number of nitrogens with one attached hydrogen (secondary N) is 2. The fourth-order valence-electron chi connectivity index (χ4n) is 2.43. The van der Waals surface area contributed by atoms with Crippen LogP contribution in [0.5, 0.6) is 11.5 Å². The van der Waals surface area contributed by atoms with Crippen LogP contribution in [0.25, 0.3) is 0 Å². The van der Waals surface area contributed by atoms with Crippen LogP contribution in [0.2, 0.25) is 5.02 Å². The molecule has 0 saturated heterocycles. The number of carbonyl (C=O) groups is 1. The quantitative estimate of drug-likeness (QED) is 0.551. The summed E-state index contributed by atoms with van der Waals surface area (Å²) < 4.78 is 37.6. The Morgan fingerprint density at radius 2 is 1.86 bits per heavy atom. The third-order valence-corrected chi connectivity index (χ3v) is 6.73. The third kappa shape index (κ3) is 4.48. The van der Waals surface area contributed by atoms with Crippen molar-refractivity contribution in [1.82, 2.24) is 14.9 Å². The summed E-state index contributed by atoms with van der Waals surface area (Å²) >= 11 is 6.54. The molecular weight excluding hydrogens is 440 g/mol. The van der Waals surface area contributed by atoms with Gasteiger partial charge in [-0.15, -0.1) is 10.2 Å². The normalized spacial score (nSPS) is 12.7. The van der Waals surface area contributed by atoms with E-state index in [9.17, 15) is 13.2 Å². The van der Waals surface area contributed by atoms with Crippen LogP contribution < -0.4 is 19.5 Å². The number of ether oxygens (including phenoxy) is 2. The molecule has 1 amide bonds. The molecule has 1 aliphatic rings. The molecule has 0 atom stereocenters. The van der Waals surface area contributed by atoms with Crippen molar-refractivity contribution in [3.05, 3.63) is 58.6 Å². The summed E-state index contributed by atoms with van der Waals surface area (Å²) in [6.07, 6.45) is 0. The number of hydrogen-bond donors (Lipinski definition) is 2. The highest BCUT2D eigenvalue weighted by molar-refractivity contribution is 7.91. The number of carbonyl (C=O) groups excluding carboxylic acids is 1. The van der Waals surface area contributed by atoms with E-state index in [2.05, 4.69) is 20.2 Å². The van der Waals surface area contributed by atoms with Crippen LogP contribution >= 0.6 is 22.9 Å². The van der Waals surface area contributed by atoms with E-state index in [1.807, 2.05) is 0 Å². The number of fused-ring (bicyclic) bond motifs is 1. The Balaban J connectivity index is 1.41. The number of halogens is 1. The van der Waals surface area contributed by atoms with Crippen LogP contribution in [0, 0.1) is 0 Å². The highest BCUT2D eigenvalue weighted by Gasteiger charge is 2.22. The van der Waals surface area contributed by atoms with Crippen LogP contribution in [0.3, 0.4) is 0 Å². The second-order valence-electron chi connectivity index (χ2n) is 5.85. The number of rotatable bonds is 6. The molecule has 2 N–H and O–H groups in total. The van der Waals surface area contributed by atoms with E-state index in [4.69, 9.17) is 21.1 Å². The van der Waals surface area contributed by atoms with Crippen LogP contribution in [0.4, 0.5) is 5.13 Å². The first-order valence-corrected chi connectivity index (χ1v) is 10.9. The molecule has 9 nitrogen and oxygen atoms in total. The fourth-order valence-corrected chi connectivity index (χ4v) is 4.51. The zero-order valence-corrected chi connectivity index (χ0v) is 17.0. The second-order valence-corrected chi connectivity index (χ2v) is 9.20. The van der Waals surface area contributed by atoms with Crippen molar-refractivity contribution in [2.24, 2.45) is 0 Å². The molecule has 0 bridgehead atoms. The van der Waals surface area contributed by atoms with Gasteiger partial charge in [-0.1, -0.05) is 29.0 Å². The maximum atomic E-state index is 12.5. The summed E-state index contributed by atoms with van der Waals surface area (Å²) in [6, 6.07) is 11.4. The number of anilines is 1. The molecule has 150 valence electrons. The number of sulfonamides is 1. The smallest absolute Gasteiger partial charge is 0.270 e. The SMILES string of the molecule is O=C(Nc1nnc(S(=O)(=O)NCc2ccc3c(c2)OCO3)s1)c1ccc(Cl)cc1. The van der Waals surface area contributed by atoms with Crippen molar-refractivity contribution < 1.29 is 22.7 Å². The Hall–Kier alpha value is -2.73. The molecule has 3 aromatic rings. The summed E-state index contributed by atoms with van der Waals surface area (Å²) in [5, 5.41) is 10.5. The average Bonchev–Trinajstić information content (AvgIpc) is 3.36. The minimum atomic E-state index is -3.90. The van der Waals surface area contributed by atoms with Gasteiger partial charge in [0.25, 0.3) is 15.9 Å². The van der Waals surface area contributed by atoms with Crippen LogP contribution in [0.1, 0.15) is 15.9 Å². The maximum absolute atomic E-state index is 12.5. The zero-order chi connectivity index (χ0) is 20.4. The molecule has 0 fully saturated rings. The van der Waals surface area contributed by atoms with Crippen molar-refractivity contribution in [2.75, 3.05) is 12.1 Å². The molecule has 0 aliphatic carbocycles. The average molecular weight is 453 g/mol. The van der Waals surface area contributed by atoms with Gasteiger partial charge in [0, 0.05) is 17.1 Å². The molecule has 2 aromatic carbocycles. The first-order valence-electron chi connectivity index (χ1n) is 8.19. The Morgan fingerprint density at radius 1 is 1.10 bits per heavy atom. The van der Waals surface area contributed by atoms with Crippen molar-refractivity contribution in [2.45, 2.75) is 10.9 Å². The topological polar surface area (TPSA) is 120 Å². The van der Waals surface area contributed by atoms with Gasteiger partial charge in [-0.05, 0) is 42.0 Å². The van der Waals surface area contributed by atoms with E-state index in [1.54, 1.807) is 42.5 Å². The summed E-state index contributed by atoms with van der Waals surface area (Å²) in [7, 11) is -3.90. The molecule has 0 saturated carbocycles. The highest BCUT2D eigenvalue weighted by Crippen LogP contribution is 2.32. The van der Waals surface area contributed by atoms with E-state index in [-0.39, 0.29) is 22.8 Å². The first-order chi connectivity index (χ1) is 13.9. The van der Waals surface area contributed by atoms with E-state index >= 15 is 0 Å². The molecule has 29 heavy (non-hydrogen) atoms. The lowest BCUT2D eigenvalue weighted by molar-refractivity contribution is 0.102. The van der Waals surface area contributed by atoms with E-state index in [0.29, 0.717) is 27.6 Å². The lowest BCUT2D eigenvalue weighted by atomic mass is 10.2. The number of benzene rings is 2. The first kappa shape index (κ1) is 19.6. The number of hydrogen-bond acceptors (Lipinski definition) is 8. The Labute approximate surface area is 174 Å². The van der Waals surface area contributed by atoms with Crippen molar-refractivity contribution in [3.8, 4) is 11.5 Å². The van der Waals surface area contributed by atoms with Gasteiger partial charge in [-0.3, -0.25) is 10.1 Å². The summed E-state index contributed by atoms with van der Waals surface area (Å²) in [5.74, 6) is 0.724. The monoisotopic (exact) mass is 452 g/mol. The van der Waals surface area contributed by atoms with Crippen LogP contribution in [0.15, 0.2) is 46.8 Å². The summed E-state index contributed by atoms with van der Waals surface area (Å²) in [5.41, 5.74) is 1.05. The molecule has 1 aromatic heterocycles. The lowest BCUT2D eigenvalue weighted by Crippen LogP contribution is -2.23. The van der Waals surface area contributed by atoms with Gasteiger partial charge < -0.3 is 9.47 Å². The van der Waals surface area contributed by atoms with Crippen molar-refractivity contribution in [3.63, 3.8) is 0 Å². The second kappa shape index (κ2) is 7.95. The molecule has 2 heterocycles. The zero-order valence-electron chi connectivity index (χ0n) is 14.6. The largest absolute Gasteiger partial charge is 0.454 e. The standard InChI is InChI=1S/C17H13ClN4O5S2/c18-12-4-2-11(3-5-12)15(23)20-16-21-22-17(28-16)29(24,25)19-8-10-1-6-13-14(7-10)27-9-26-13/h1-7,19H,8-9H2,(H,20,21,23). The Bertz CT molecular complexity index is 1160. The predicted molar refractivity (Wildman–Crippen MR) is 106 cm³/mol. The predicted octanol–water partition coefficient (Wildman–Crippen LogP) is 2.65. The fraction of sp³-hybridized carbons (Fsp3) is 0.118. The van der Waals surface area contributed by atoms with Gasteiger partial charge in [0.2, 0.25) is 16.3 Å². The number of nitrogens with zero attached hydrogens (tertiary/aromatic N) is 2. The van der Waals surface area contributed by atoms with Gasteiger partial charge in [0.05, 0.1) is 0 Å².